The largest absolute Gasteiger partial charge is 0.392 e. The van der Waals surface area contributed by atoms with E-state index in [0.29, 0.717) is 18.5 Å². The number of pyridine rings is 1. The van der Waals surface area contributed by atoms with Crippen molar-refractivity contribution in [3.8, 4) is 0 Å². The Labute approximate surface area is 118 Å². The van der Waals surface area contributed by atoms with Crippen LogP contribution in [-0.2, 0) is 11.2 Å². The zero-order chi connectivity index (χ0) is 13.8. The topological polar surface area (TPSA) is 90.9 Å². The lowest BCUT2D eigenvalue weighted by Crippen LogP contribution is -2.30. The SMILES string of the molecule is C[C@H](O)CNC(=O)CCc1nc2ncc(Br)cc2[nH]1. The summed E-state index contributed by atoms with van der Waals surface area (Å²) < 4.78 is 0.880. The fourth-order valence-electron chi connectivity index (χ4n) is 1.62. The van der Waals surface area contributed by atoms with Crippen LogP contribution in [0, 0.1) is 0 Å². The zero-order valence-electron chi connectivity index (χ0n) is 10.5. The lowest BCUT2D eigenvalue weighted by molar-refractivity contribution is -0.121. The summed E-state index contributed by atoms with van der Waals surface area (Å²) in [5.41, 5.74) is 1.48. The highest BCUT2D eigenvalue weighted by Crippen LogP contribution is 2.15. The second-order valence-corrected chi connectivity index (χ2v) is 5.28. The molecule has 2 heterocycles. The first-order chi connectivity index (χ1) is 9.04. The Morgan fingerprint density at radius 1 is 1.63 bits per heavy atom. The molecule has 0 fully saturated rings. The van der Waals surface area contributed by atoms with Gasteiger partial charge in [0, 0.05) is 30.1 Å². The van der Waals surface area contributed by atoms with Crippen LogP contribution in [0.3, 0.4) is 0 Å². The number of nitrogens with zero attached hydrogens (tertiary/aromatic N) is 2. The molecule has 0 saturated heterocycles. The average Bonchev–Trinajstić information content (AvgIpc) is 2.75. The molecule has 0 aliphatic rings. The lowest BCUT2D eigenvalue weighted by atomic mass is 10.3. The number of imidazole rings is 1. The number of aliphatic hydroxyl groups excluding tert-OH is 1. The van der Waals surface area contributed by atoms with Gasteiger partial charge in [-0.1, -0.05) is 0 Å². The molecule has 1 amide bonds. The molecule has 2 rings (SSSR count). The van der Waals surface area contributed by atoms with Gasteiger partial charge in [0.2, 0.25) is 5.91 Å². The summed E-state index contributed by atoms with van der Waals surface area (Å²) in [6.45, 7) is 1.90. The number of aromatic nitrogens is 3. The molecule has 0 saturated carbocycles. The summed E-state index contributed by atoms with van der Waals surface area (Å²) >= 11 is 3.34. The molecule has 6 nitrogen and oxygen atoms in total. The van der Waals surface area contributed by atoms with Gasteiger partial charge in [0.15, 0.2) is 5.65 Å². The van der Waals surface area contributed by atoms with E-state index in [1.165, 1.54) is 0 Å². The van der Waals surface area contributed by atoms with Crippen molar-refractivity contribution in [3.05, 3.63) is 22.6 Å². The van der Waals surface area contributed by atoms with Crippen molar-refractivity contribution < 1.29 is 9.90 Å². The van der Waals surface area contributed by atoms with Crippen molar-refractivity contribution >= 4 is 33.0 Å². The zero-order valence-corrected chi connectivity index (χ0v) is 12.1. The van der Waals surface area contributed by atoms with Gasteiger partial charge in [-0.3, -0.25) is 4.79 Å². The van der Waals surface area contributed by atoms with E-state index in [9.17, 15) is 4.79 Å². The minimum Gasteiger partial charge on any atom is -0.392 e. The summed E-state index contributed by atoms with van der Waals surface area (Å²) in [6, 6.07) is 1.90. The van der Waals surface area contributed by atoms with Crippen LogP contribution in [0.1, 0.15) is 19.2 Å². The number of H-pyrrole nitrogens is 1. The van der Waals surface area contributed by atoms with Gasteiger partial charge >= 0.3 is 0 Å². The molecule has 19 heavy (non-hydrogen) atoms. The van der Waals surface area contributed by atoms with Crippen LogP contribution < -0.4 is 5.32 Å². The maximum absolute atomic E-state index is 11.5. The summed E-state index contributed by atoms with van der Waals surface area (Å²) in [5, 5.41) is 11.7. The molecule has 102 valence electrons. The van der Waals surface area contributed by atoms with Gasteiger partial charge < -0.3 is 15.4 Å². The van der Waals surface area contributed by atoms with E-state index in [4.69, 9.17) is 5.11 Å². The number of fused-ring (bicyclic) bond motifs is 1. The minimum absolute atomic E-state index is 0.101. The van der Waals surface area contributed by atoms with Gasteiger partial charge in [0.25, 0.3) is 0 Å². The molecule has 2 aromatic rings. The number of nitrogens with one attached hydrogen (secondary N) is 2. The van der Waals surface area contributed by atoms with E-state index in [-0.39, 0.29) is 12.5 Å². The van der Waals surface area contributed by atoms with Crippen LogP contribution in [-0.4, -0.2) is 38.6 Å². The van der Waals surface area contributed by atoms with Gasteiger partial charge in [0.1, 0.15) is 5.82 Å². The molecule has 0 unspecified atom stereocenters. The standard InChI is InChI=1S/C12H15BrN4O2/c1-7(18)5-14-11(19)3-2-10-16-9-4-8(13)6-15-12(9)17-10/h4,6-7,18H,2-3,5H2,1H3,(H,14,19)(H,15,16,17)/t7-/m0/s1. The Morgan fingerprint density at radius 2 is 2.42 bits per heavy atom. The quantitative estimate of drug-likeness (QED) is 0.768. The third-order valence-corrected chi connectivity index (χ3v) is 2.97. The van der Waals surface area contributed by atoms with E-state index in [1.807, 2.05) is 6.07 Å². The first-order valence-electron chi connectivity index (χ1n) is 5.99. The molecule has 0 aliphatic carbocycles. The molecule has 0 bridgehead atoms. The number of amides is 1. The van der Waals surface area contributed by atoms with E-state index in [0.717, 1.165) is 15.8 Å². The van der Waals surface area contributed by atoms with Crippen molar-refractivity contribution in [2.24, 2.45) is 0 Å². The number of aliphatic hydroxyl groups is 1. The first-order valence-corrected chi connectivity index (χ1v) is 6.79. The van der Waals surface area contributed by atoms with E-state index in [2.05, 4.69) is 36.2 Å². The van der Waals surface area contributed by atoms with Crippen LogP contribution in [0.5, 0.6) is 0 Å². The molecule has 2 aromatic heterocycles. The minimum atomic E-state index is -0.531. The van der Waals surface area contributed by atoms with Gasteiger partial charge in [-0.25, -0.2) is 9.97 Å². The van der Waals surface area contributed by atoms with Crippen LogP contribution in [0.25, 0.3) is 11.2 Å². The molecule has 0 radical (unpaired) electrons. The molecule has 3 N–H and O–H groups in total. The molecule has 7 heteroatoms. The predicted molar refractivity (Wildman–Crippen MR) is 74.6 cm³/mol. The fourth-order valence-corrected chi connectivity index (χ4v) is 1.96. The van der Waals surface area contributed by atoms with Crippen LogP contribution in [0.2, 0.25) is 0 Å². The number of hydrogen-bond acceptors (Lipinski definition) is 4. The smallest absolute Gasteiger partial charge is 0.220 e. The molecule has 0 aliphatic heterocycles. The summed E-state index contributed by atoms with van der Waals surface area (Å²) in [7, 11) is 0. The van der Waals surface area contributed by atoms with Crippen molar-refractivity contribution in [3.63, 3.8) is 0 Å². The highest BCUT2D eigenvalue weighted by molar-refractivity contribution is 9.10. The Bertz CT molecular complexity index is 582. The number of carbonyl (C=O) groups is 1. The van der Waals surface area contributed by atoms with E-state index in [1.54, 1.807) is 13.1 Å². The second-order valence-electron chi connectivity index (χ2n) is 4.36. The highest BCUT2D eigenvalue weighted by atomic mass is 79.9. The Balaban J connectivity index is 1.92. The lowest BCUT2D eigenvalue weighted by Gasteiger charge is -2.05. The van der Waals surface area contributed by atoms with Crippen molar-refractivity contribution in [2.75, 3.05) is 6.54 Å². The number of aromatic amines is 1. The van der Waals surface area contributed by atoms with Crippen molar-refractivity contribution in [1.29, 1.82) is 0 Å². The first kappa shape index (κ1) is 14.0. The normalized spacial score (nSPS) is 12.6. The fraction of sp³-hybridized carbons (Fsp3) is 0.417. The van der Waals surface area contributed by atoms with Crippen LogP contribution >= 0.6 is 15.9 Å². The molecule has 1 atom stereocenters. The Morgan fingerprint density at radius 3 is 3.16 bits per heavy atom. The second kappa shape index (κ2) is 6.12. The summed E-state index contributed by atoms with van der Waals surface area (Å²) in [4.78, 5) is 23.1. The van der Waals surface area contributed by atoms with Gasteiger partial charge in [-0.15, -0.1) is 0 Å². The number of aryl methyl sites for hydroxylation is 1. The summed E-state index contributed by atoms with van der Waals surface area (Å²) in [5.74, 6) is 0.628. The predicted octanol–water partition coefficient (Wildman–Crippen LogP) is 1.15. The van der Waals surface area contributed by atoms with Crippen molar-refractivity contribution in [1.82, 2.24) is 20.3 Å². The Hall–Kier alpha value is -1.47. The van der Waals surface area contributed by atoms with Crippen LogP contribution in [0.15, 0.2) is 16.7 Å². The number of rotatable bonds is 5. The van der Waals surface area contributed by atoms with Gasteiger partial charge in [-0.2, -0.15) is 0 Å². The molecule has 0 spiro atoms. The molecular weight excluding hydrogens is 312 g/mol. The van der Waals surface area contributed by atoms with Crippen LogP contribution in [0.4, 0.5) is 0 Å². The maximum Gasteiger partial charge on any atom is 0.220 e. The monoisotopic (exact) mass is 326 g/mol. The van der Waals surface area contributed by atoms with E-state index >= 15 is 0 Å². The third kappa shape index (κ3) is 4.00. The third-order valence-electron chi connectivity index (χ3n) is 2.54. The Kier molecular flexibility index (Phi) is 4.49. The number of hydrogen-bond donors (Lipinski definition) is 3. The van der Waals surface area contributed by atoms with E-state index < -0.39 is 6.10 Å². The molecule has 0 aromatic carbocycles. The van der Waals surface area contributed by atoms with Crippen molar-refractivity contribution in [2.45, 2.75) is 25.9 Å². The molecular formula is C12H15BrN4O2. The number of carbonyl (C=O) groups excluding carboxylic acids is 1. The summed E-state index contributed by atoms with van der Waals surface area (Å²) in [6.07, 6.45) is 1.99. The average molecular weight is 327 g/mol. The van der Waals surface area contributed by atoms with Gasteiger partial charge in [0.05, 0.1) is 11.6 Å². The van der Waals surface area contributed by atoms with Gasteiger partial charge in [-0.05, 0) is 28.9 Å². The highest BCUT2D eigenvalue weighted by Gasteiger charge is 2.08. The number of halogens is 1. The maximum atomic E-state index is 11.5.